The summed E-state index contributed by atoms with van der Waals surface area (Å²) in [7, 11) is 0. The normalized spacial score (nSPS) is 15.0. The summed E-state index contributed by atoms with van der Waals surface area (Å²) >= 11 is 0. The van der Waals surface area contributed by atoms with Crippen molar-refractivity contribution in [3.63, 3.8) is 0 Å². The highest BCUT2D eigenvalue weighted by molar-refractivity contribution is 5.78. The summed E-state index contributed by atoms with van der Waals surface area (Å²) in [4.78, 5) is 18.5. The molecule has 138 valence electrons. The molecule has 1 amide bonds. The molecule has 0 aliphatic carbocycles. The molecule has 0 bridgehead atoms. The van der Waals surface area contributed by atoms with Crippen LogP contribution in [0.25, 0.3) is 0 Å². The third kappa shape index (κ3) is 4.82. The summed E-state index contributed by atoms with van der Waals surface area (Å²) in [6.45, 7) is 4.65. The van der Waals surface area contributed by atoms with Crippen LogP contribution in [0.1, 0.15) is 43.5 Å². The van der Waals surface area contributed by atoms with Gasteiger partial charge < -0.3 is 15.0 Å². The molecule has 1 atom stereocenters. The molecular weight excluding hydrogens is 326 g/mol. The van der Waals surface area contributed by atoms with E-state index in [1.165, 1.54) is 0 Å². The Kier molecular flexibility index (Phi) is 6.61. The fourth-order valence-electron chi connectivity index (χ4n) is 3.30. The van der Waals surface area contributed by atoms with Gasteiger partial charge in [0.15, 0.2) is 6.61 Å². The molecule has 0 saturated carbocycles. The molecule has 26 heavy (non-hydrogen) atoms. The smallest absolute Gasteiger partial charge is 0.260 e. The van der Waals surface area contributed by atoms with E-state index in [0.29, 0.717) is 6.54 Å². The third-order valence-electron chi connectivity index (χ3n) is 4.77. The summed E-state index contributed by atoms with van der Waals surface area (Å²) < 4.78 is 5.90. The van der Waals surface area contributed by atoms with Gasteiger partial charge in [0.25, 0.3) is 5.91 Å². The SMILES string of the molecule is CCC(NCc1ccccn1)c1ccccc1OCC(=O)N1CCCC1. The van der Waals surface area contributed by atoms with Crippen LogP contribution in [0, 0.1) is 0 Å². The van der Waals surface area contributed by atoms with Gasteiger partial charge in [0.2, 0.25) is 0 Å². The summed E-state index contributed by atoms with van der Waals surface area (Å²) in [5, 5.41) is 3.55. The Labute approximate surface area is 155 Å². The number of nitrogens with zero attached hydrogens (tertiary/aromatic N) is 2. The predicted molar refractivity (Wildman–Crippen MR) is 102 cm³/mol. The highest BCUT2D eigenvalue weighted by atomic mass is 16.5. The molecule has 1 saturated heterocycles. The Morgan fingerprint density at radius 2 is 1.96 bits per heavy atom. The number of para-hydroxylation sites is 1. The number of rotatable bonds is 8. The van der Waals surface area contributed by atoms with E-state index in [0.717, 1.165) is 49.4 Å². The second-order valence-electron chi connectivity index (χ2n) is 6.58. The Balaban J connectivity index is 1.63. The summed E-state index contributed by atoms with van der Waals surface area (Å²) in [6.07, 6.45) is 4.92. The molecule has 1 aliphatic rings. The van der Waals surface area contributed by atoms with Gasteiger partial charge in [0.1, 0.15) is 5.75 Å². The van der Waals surface area contributed by atoms with Crippen molar-refractivity contribution in [1.29, 1.82) is 0 Å². The molecule has 1 aromatic carbocycles. The van der Waals surface area contributed by atoms with Crippen molar-refractivity contribution >= 4 is 5.91 Å². The predicted octanol–water partition coefficient (Wildman–Crippen LogP) is 3.32. The number of ether oxygens (including phenoxy) is 1. The number of amides is 1. The molecule has 3 rings (SSSR count). The first-order valence-corrected chi connectivity index (χ1v) is 9.40. The Hall–Kier alpha value is -2.40. The number of carbonyl (C=O) groups is 1. The Bertz CT molecular complexity index is 699. The first kappa shape index (κ1) is 18.4. The van der Waals surface area contributed by atoms with Crippen molar-refractivity contribution in [3.05, 3.63) is 59.9 Å². The van der Waals surface area contributed by atoms with Crippen LogP contribution in [0.3, 0.4) is 0 Å². The largest absolute Gasteiger partial charge is 0.483 e. The van der Waals surface area contributed by atoms with E-state index in [1.807, 2.05) is 41.3 Å². The van der Waals surface area contributed by atoms with Gasteiger partial charge in [-0.2, -0.15) is 0 Å². The van der Waals surface area contributed by atoms with E-state index in [2.05, 4.69) is 23.3 Å². The van der Waals surface area contributed by atoms with Gasteiger partial charge in [-0.3, -0.25) is 9.78 Å². The van der Waals surface area contributed by atoms with Crippen molar-refractivity contribution in [3.8, 4) is 5.75 Å². The second kappa shape index (κ2) is 9.34. The lowest BCUT2D eigenvalue weighted by Gasteiger charge is -2.21. The number of likely N-dealkylation sites (tertiary alicyclic amines) is 1. The maximum atomic E-state index is 12.3. The van der Waals surface area contributed by atoms with Crippen LogP contribution in [-0.4, -0.2) is 35.5 Å². The Morgan fingerprint density at radius 3 is 2.69 bits per heavy atom. The minimum absolute atomic E-state index is 0.0757. The van der Waals surface area contributed by atoms with E-state index >= 15 is 0 Å². The fourth-order valence-corrected chi connectivity index (χ4v) is 3.30. The zero-order valence-electron chi connectivity index (χ0n) is 15.4. The van der Waals surface area contributed by atoms with Crippen LogP contribution in [0.4, 0.5) is 0 Å². The maximum absolute atomic E-state index is 12.3. The molecule has 0 spiro atoms. The number of aromatic nitrogens is 1. The van der Waals surface area contributed by atoms with Crippen molar-refractivity contribution in [1.82, 2.24) is 15.2 Å². The lowest BCUT2D eigenvalue weighted by Crippen LogP contribution is -2.32. The van der Waals surface area contributed by atoms with E-state index in [9.17, 15) is 4.79 Å². The first-order valence-electron chi connectivity index (χ1n) is 9.40. The van der Waals surface area contributed by atoms with Gasteiger partial charge in [-0.25, -0.2) is 0 Å². The monoisotopic (exact) mass is 353 g/mol. The summed E-state index contributed by atoms with van der Waals surface area (Å²) in [5.74, 6) is 0.854. The van der Waals surface area contributed by atoms with E-state index in [1.54, 1.807) is 6.20 Å². The molecule has 1 aliphatic heterocycles. The van der Waals surface area contributed by atoms with Crippen LogP contribution in [0.15, 0.2) is 48.7 Å². The topological polar surface area (TPSA) is 54.5 Å². The summed E-state index contributed by atoms with van der Waals surface area (Å²) in [6, 6.07) is 14.0. The average Bonchev–Trinajstić information content (AvgIpc) is 3.23. The van der Waals surface area contributed by atoms with E-state index in [-0.39, 0.29) is 18.6 Å². The number of pyridine rings is 1. The molecule has 1 unspecified atom stereocenters. The van der Waals surface area contributed by atoms with Crippen molar-refractivity contribution in [2.24, 2.45) is 0 Å². The molecule has 5 heteroatoms. The average molecular weight is 353 g/mol. The van der Waals surface area contributed by atoms with Crippen molar-refractivity contribution in [2.45, 2.75) is 38.8 Å². The molecule has 0 radical (unpaired) electrons. The molecule has 2 aromatic rings. The highest BCUT2D eigenvalue weighted by Crippen LogP contribution is 2.27. The van der Waals surface area contributed by atoms with Gasteiger partial charge in [0, 0.05) is 37.4 Å². The highest BCUT2D eigenvalue weighted by Gasteiger charge is 2.20. The van der Waals surface area contributed by atoms with Crippen LogP contribution >= 0.6 is 0 Å². The van der Waals surface area contributed by atoms with Crippen molar-refractivity contribution < 1.29 is 9.53 Å². The number of nitrogens with one attached hydrogen (secondary N) is 1. The fraction of sp³-hybridized carbons (Fsp3) is 0.429. The Morgan fingerprint density at radius 1 is 1.19 bits per heavy atom. The van der Waals surface area contributed by atoms with Gasteiger partial charge >= 0.3 is 0 Å². The molecular formula is C21H27N3O2. The van der Waals surface area contributed by atoms with E-state index < -0.39 is 0 Å². The lowest BCUT2D eigenvalue weighted by molar-refractivity contribution is -0.132. The summed E-state index contributed by atoms with van der Waals surface area (Å²) in [5.41, 5.74) is 2.09. The molecule has 1 fully saturated rings. The van der Waals surface area contributed by atoms with Crippen LogP contribution in [0.5, 0.6) is 5.75 Å². The molecule has 1 aromatic heterocycles. The minimum Gasteiger partial charge on any atom is -0.483 e. The minimum atomic E-state index is 0.0757. The first-order chi connectivity index (χ1) is 12.8. The number of carbonyl (C=O) groups excluding carboxylic acids is 1. The zero-order valence-corrected chi connectivity index (χ0v) is 15.4. The van der Waals surface area contributed by atoms with Gasteiger partial charge in [-0.05, 0) is 37.5 Å². The second-order valence-corrected chi connectivity index (χ2v) is 6.58. The van der Waals surface area contributed by atoms with Crippen molar-refractivity contribution in [2.75, 3.05) is 19.7 Å². The maximum Gasteiger partial charge on any atom is 0.260 e. The van der Waals surface area contributed by atoms with Gasteiger partial charge in [0.05, 0.1) is 5.69 Å². The molecule has 1 N–H and O–H groups in total. The molecule has 2 heterocycles. The number of benzene rings is 1. The van der Waals surface area contributed by atoms with Crippen LogP contribution in [-0.2, 0) is 11.3 Å². The van der Waals surface area contributed by atoms with Crippen LogP contribution < -0.4 is 10.1 Å². The van der Waals surface area contributed by atoms with Gasteiger partial charge in [-0.1, -0.05) is 31.2 Å². The quantitative estimate of drug-likeness (QED) is 0.791. The third-order valence-corrected chi connectivity index (χ3v) is 4.77. The van der Waals surface area contributed by atoms with Crippen LogP contribution in [0.2, 0.25) is 0 Å². The lowest BCUT2D eigenvalue weighted by atomic mass is 10.0. The van der Waals surface area contributed by atoms with E-state index in [4.69, 9.17) is 4.74 Å². The molecule has 5 nitrogen and oxygen atoms in total. The standard InChI is InChI=1S/C21H27N3O2/c1-2-19(23-15-17-9-5-6-12-22-17)18-10-3-4-11-20(18)26-16-21(25)24-13-7-8-14-24/h3-6,9-12,19,23H,2,7-8,13-16H2,1H3. The van der Waals surface area contributed by atoms with Gasteiger partial charge in [-0.15, -0.1) is 0 Å². The number of hydrogen-bond donors (Lipinski definition) is 1. The zero-order chi connectivity index (χ0) is 18.2. The number of hydrogen-bond acceptors (Lipinski definition) is 4.